The number of hydrogen-bond donors (Lipinski definition) is 0. The molecule has 0 unspecified atom stereocenters. The Bertz CT molecular complexity index is 484. The topological polar surface area (TPSA) is 37.4 Å². The lowest BCUT2D eigenvalue weighted by molar-refractivity contribution is -0.109. The number of ketones is 1. The molecule has 1 heterocycles. The lowest BCUT2D eigenvalue weighted by Gasteiger charge is -2.29. The van der Waals surface area contributed by atoms with Crippen molar-refractivity contribution in [1.29, 1.82) is 0 Å². The van der Waals surface area contributed by atoms with Gasteiger partial charge in [0, 0.05) is 11.5 Å². The molecule has 0 spiro atoms. The molecule has 5 heteroatoms. The molecular weight excluding hydrogens is 269 g/mol. The van der Waals surface area contributed by atoms with Crippen molar-refractivity contribution < 1.29 is 14.0 Å². The van der Waals surface area contributed by atoms with Crippen LogP contribution in [0.2, 0.25) is 5.02 Å². The second-order valence-electron chi connectivity index (χ2n) is 4.73. The van der Waals surface area contributed by atoms with Gasteiger partial charge in [-0.2, -0.15) is 0 Å². The molecule has 1 aliphatic rings. The van der Waals surface area contributed by atoms with Crippen LogP contribution in [0.5, 0.6) is 0 Å². The second-order valence-corrected chi connectivity index (χ2v) is 5.14. The zero-order valence-electron chi connectivity index (χ0n) is 10.4. The maximum atomic E-state index is 13.0. The molecular formula is C14H15ClFNO2. The van der Waals surface area contributed by atoms with E-state index in [9.17, 15) is 14.0 Å². The summed E-state index contributed by atoms with van der Waals surface area (Å²) in [6, 6.07) is 3.86. The Labute approximate surface area is 116 Å². The Morgan fingerprint density at radius 2 is 2.11 bits per heavy atom. The van der Waals surface area contributed by atoms with Crippen LogP contribution in [0.4, 0.5) is 4.39 Å². The first-order valence-corrected chi connectivity index (χ1v) is 6.65. The average molecular weight is 284 g/mol. The van der Waals surface area contributed by atoms with Crippen molar-refractivity contribution >= 4 is 23.7 Å². The van der Waals surface area contributed by atoms with E-state index >= 15 is 0 Å². The van der Waals surface area contributed by atoms with Gasteiger partial charge in [-0.25, -0.2) is 4.39 Å². The van der Waals surface area contributed by atoms with Crippen molar-refractivity contribution in [3.63, 3.8) is 0 Å². The third-order valence-corrected chi connectivity index (χ3v) is 3.80. The van der Waals surface area contributed by atoms with Crippen LogP contribution in [0, 0.1) is 11.7 Å². The van der Waals surface area contributed by atoms with Crippen molar-refractivity contribution in [3.05, 3.63) is 34.6 Å². The van der Waals surface area contributed by atoms with Crippen molar-refractivity contribution in [2.75, 3.05) is 19.6 Å². The molecule has 1 aliphatic heterocycles. The van der Waals surface area contributed by atoms with E-state index in [1.54, 1.807) is 0 Å². The molecule has 0 amide bonds. The molecule has 2 rings (SSSR count). The SMILES string of the molecule is O=CCN1CCC(C(=O)c2ccc(F)cc2Cl)CC1. The minimum atomic E-state index is -0.442. The monoisotopic (exact) mass is 283 g/mol. The predicted octanol–water partition coefficient (Wildman–Crippen LogP) is 2.57. The molecule has 0 radical (unpaired) electrons. The van der Waals surface area contributed by atoms with Gasteiger partial charge in [0.25, 0.3) is 0 Å². The van der Waals surface area contributed by atoms with Crippen LogP contribution in [0.25, 0.3) is 0 Å². The summed E-state index contributed by atoms with van der Waals surface area (Å²) in [6.07, 6.45) is 2.29. The number of likely N-dealkylation sites (tertiary alicyclic amines) is 1. The maximum absolute atomic E-state index is 13.0. The third-order valence-electron chi connectivity index (χ3n) is 3.49. The first-order valence-electron chi connectivity index (χ1n) is 6.27. The number of piperidine rings is 1. The van der Waals surface area contributed by atoms with E-state index < -0.39 is 5.82 Å². The van der Waals surface area contributed by atoms with Gasteiger partial charge in [-0.1, -0.05) is 11.6 Å². The summed E-state index contributed by atoms with van der Waals surface area (Å²) < 4.78 is 13.0. The molecule has 0 saturated carbocycles. The molecule has 1 aromatic carbocycles. The number of nitrogens with zero attached hydrogens (tertiary/aromatic N) is 1. The quantitative estimate of drug-likeness (QED) is 0.630. The summed E-state index contributed by atoms with van der Waals surface area (Å²) in [4.78, 5) is 24.7. The van der Waals surface area contributed by atoms with Gasteiger partial charge < -0.3 is 4.79 Å². The van der Waals surface area contributed by atoms with Crippen molar-refractivity contribution in [2.45, 2.75) is 12.8 Å². The zero-order chi connectivity index (χ0) is 13.8. The number of Topliss-reactive ketones (excluding diaryl/α,β-unsaturated/α-hetero) is 1. The van der Waals surface area contributed by atoms with E-state index in [-0.39, 0.29) is 16.7 Å². The highest BCUT2D eigenvalue weighted by Crippen LogP contribution is 2.26. The minimum absolute atomic E-state index is 0.0317. The molecule has 3 nitrogen and oxygen atoms in total. The molecule has 102 valence electrons. The fraction of sp³-hybridized carbons (Fsp3) is 0.429. The number of aldehydes is 1. The Kier molecular flexibility index (Phi) is 4.66. The van der Waals surface area contributed by atoms with Crippen LogP contribution in [0.1, 0.15) is 23.2 Å². The zero-order valence-corrected chi connectivity index (χ0v) is 11.2. The highest BCUT2D eigenvalue weighted by molar-refractivity contribution is 6.34. The second kappa shape index (κ2) is 6.26. The predicted molar refractivity (Wildman–Crippen MR) is 71.0 cm³/mol. The molecule has 19 heavy (non-hydrogen) atoms. The summed E-state index contributed by atoms with van der Waals surface area (Å²) in [5, 5.41) is 0.167. The van der Waals surface area contributed by atoms with Crippen LogP contribution in [0.15, 0.2) is 18.2 Å². The van der Waals surface area contributed by atoms with E-state index in [1.807, 2.05) is 4.90 Å². The van der Waals surface area contributed by atoms with Crippen LogP contribution < -0.4 is 0 Å². The highest BCUT2D eigenvalue weighted by atomic mass is 35.5. The molecule has 0 aromatic heterocycles. The minimum Gasteiger partial charge on any atom is -0.302 e. The smallest absolute Gasteiger partial charge is 0.167 e. The summed E-state index contributed by atoms with van der Waals surface area (Å²) in [6.45, 7) is 1.88. The molecule has 0 atom stereocenters. The fourth-order valence-corrected chi connectivity index (χ4v) is 2.65. The number of carbonyl (C=O) groups is 2. The summed E-state index contributed by atoms with van der Waals surface area (Å²) in [5.74, 6) is -0.566. The van der Waals surface area contributed by atoms with E-state index in [4.69, 9.17) is 11.6 Å². The first kappa shape index (κ1) is 14.2. The van der Waals surface area contributed by atoms with Crippen molar-refractivity contribution in [1.82, 2.24) is 4.90 Å². The van der Waals surface area contributed by atoms with E-state index in [0.717, 1.165) is 25.4 Å². The number of benzene rings is 1. The van der Waals surface area contributed by atoms with Gasteiger partial charge in [0.1, 0.15) is 12.1 Å². The lowest BCUT2D eigenvalue weighted by atomic mass is 9.89. The molecule has 0 bridgehead atoms. The van der Waals surface area contributed by atoms with Gasteiger partial charge in [-0.05, 0) is 44.1 Å². The van der Waals surface area contributed by atoms with Gasteiger partial charge in [0.15, 0.2) is 5.78 Å². The summed E-state index contributed by atoms with van der Waals surface area (Å²) >= 11 is 5.90. The number of hydrogen-bond acceptors (Lipinski definition) is 3. The lowest BCUT2D eigenvalue weighted by Crippen LogP contribution is -2.37. The molecule has 0 N–H and O–H groups in total. The highest BCUT2D eigenvalue weighted by Gasteiger charge is 2.26. The Balaban J connectivity index is 2.03. The van der Waals surface area contributed by atoms with Gasteiger partial charge >= 0.3 is 0 Å². The average Bonchev–Trinajstić information content (AvgIpc) is 2.39. The maximum Gasteiger partial charge on any atom is 0.167 e. The molecule has 0 aliphatic carbocycles. The largest absolute Gasteiger partial charge is 0.302 e. The van der Waals surface area contributed by atoms with Crippen LogP contribution in [0.3, 0.4) is 0 Å². The third kappa shape index (κ3) is 3.39. The number of halogens is 2. The van der Waals surface area contributed by atoms with E-state index in [0.29, 0.717) is 24.9 Å². The first-order chi connectivity index (χ1) is 9.11. The fourth-order valence-electron chi connectivity index (χ4n) is 2.39. The Morgan fingerprint density at radius 3 is 2.68 bits per heavy atom. The van der Waals surface area contributed by atoms with E-state index in [2.05, 4.69) is 0 Å². The normalized spacial score (nSPS) is 17.4. The van der Waals surface area contributed by atoms with Gasteiger partial charge in [-0.15, -0.1) is 0 Å². The van der Waals surface area contributed by atoms with Gasteiger partial charge in [-0.3, -0.25) is 9.69 Å². The number of rotatable bonds is 4. The summed E-state index contributed by atoms with van der Waals surface area (Å²) in [7, 11) is 0. The number of carbonyl (C=O) groups excluding carboxylic acids is 2. The van der Waals surface area contributed by atoms with Crippen LogP contribution >= 0.6 is 11.6 Å². The standard InChI is InChI=1S/C14H15ClFNO2/c15-13-9-11(16)1-2-12(13)14(19)10-3-5-17(6-4-10)7-8-18/h1-2,8-10H,3-7H2. The van der Waals surface area contributed by atoms with Crippen LogP contribution in [-0.4, -0.2) is 36.6 Å². The molecule has 1 aromatic rings. The van der Waals surface area contributed by atoms with Crippen molar-refractivity contribution in [3.8, 4) is 0 Å². The van der Waals surface area contributed by atoms with Crippen molar-refractivity contribution in [2.24, 2.45) is 5.92 Å². The molecule has 1 saturated heterocycles. The van der Waals surface area contributed by atoms with Gasteiger partial charge in [0.2, 0.25) is 0 Å². The summed E-state index contributed by atoms with van der Waals surface area (Å²) in [5.41, 5.74) is 0.386. The molecule has 1 fully saturated rings. The Hall–Kier alpha value is -1.26. The van der Waals surface area contributed by atoms with E-state index in [1.165, 1.54) is 12.1 Å². The van der Waals surface area contributed by atoms with Gasteiger partial charge in [0.05, 0.1) is 11.6 Å². The Morgan fingerprint density at radius 1 is 1.42 bits per heavy atom. The van der Waals surface area contributed by atoms with Crippen LogP contribution in [-0.2, 0) is 4.79 Å².